The lowest BCUT2D eigenvalue weighted by atomic mass is 9.71. The van der Waals surface area contributed by atoms with Gasteiger partial charge in [0.05, 0.1) is 11.1 Å². The molecule has 0 aromatic heterocycles. The number of piperidine rings is 2. The zero-order chi connectivity index (χ0) is 20.6. The number of nitrogens with zero attached hydrogens (tertiary/aromatic N) is 1. The maximum Gasteiger partial charge on any atom is 0.265 e. The van der Waals surface area contributed by atoms with Crippen molar-refractivity contribution in [3.05, 3.63) is 34.1 Å². The van der Waals surface area contributed by atoms with Crippen LogP contribution in [0.3, 0.4) is 0 Å². The molecular formula is C19H16F3N3O4. The fraction of sp³-hybridized carbons (Fsp3) is 0.474. The normalized spacial score (nSPS) is 30.9. The predicted octanol–water partition coefficient (Wildman–Crippen LogP) is 1.11. The van der Waals surface area contributed by atoms with Gasteiger partial charge >= 0.3 is 0 Å². The molecule has 0 spiro atoms. The van der Waals surface area contributed by atoms with Crippen LogP contribution in [0.4, 0.5) is 13.2 Å². The fourth-order valence-electron chi connectivity index (χ4n) is 5.03. The van der Waals surface area contributed by atoms with Gasteiger partial charge in [-0.05, 0) is 31.6 Å². The summed E-state index contributed by atoms with van der Waals surface area (Å²) in [6.07, 6.45) is 1.52. The third-order valence-corrected chi connectivity index (χ3v) is 6.33. The molecular weight excluding hydrogens is 391 g/mol. The van der Waals surface area contributed by atoms with Crippen molar-refractivity contribution in [1.29, 1.82) is 0 Å². The molecule has 10 heteroatoms. The van der Waals surface area contributed by atoms with Crippen molar-refractivity contribution >= 4 is 23.6 Å². The number of fused-ring (bicyclic) bond motifs is 3. The highest BCUT2D eigenvalue weighted by Crippen LogP contribution is 2.45. The van der Waals surface area contributed by atoms with E-state index in [1.807, 2.05) is 5.32 Å². The van der Waals surface area contributed by atoms with Gasteiger partial charge in [-0.15, -0.1) is 0 Å². The van der Waals surface area contributed by atoms with Gasteiger partial charge in [-0.2, -0.15) is 0 Å². The summed E-state index contributed by atoms with van der Waals surface area (Å²) in [5.41, 5.74) is -1.62. The molecule has 4 fully saturated rings. The van der Waals surface area contributed by atoms with Gasteiger partial charge in [0, 0.05) is 24.1 Å². The monoisotopic (exact) mass is 407 g/mol. The van der Waals surface area contributed by atoms with Crippen LogP contribution in [0.2, 0.25) is 0 Å². The second kappa shape index (κ2) is 6.12. The molecule has 1 aromatic carbocycles. The molecule has 7 nitrogen and oxygen atoms in total. The molecule has 3 saturated heterocycles. The highest BCUT2D eigenvalue weighted by molar-refractivity contribution is 6.24. The third-order valence-electron chi connectivity index (χ3n) is 6.33. The molecule has 1 aliphatic carbocycles. The maximum absolute atomic E-state index is 14.8. The quantitative estimate of drug-likeness (QED) is 0.566. The Morgan fingerprint density at radius 3 is 2.07 bits per heavy atom. The van der Waals surface area contributed by atoms with Crippen LogP contribution in [-0.4, -0.2) is 46.7 Å². The van der Waals surface area contributed by atoms with Crippen LogP contribution in [0.15, 0.2) is 0 Å². The van der Waals surface area contributed by atoms with E-state index in [0.29, 0.717) is 17.7 Å². The minimum Gasteiger partial charge on any atom is -0.311 e. The van der Waals surface area contributed by atoms with E-state index < -0.39 is 64.2 Å². The van der Waals surface area contributed by atoms with Crippen molar-refractivity contribution in [2.75, 3.05) is 0 Å². The van der Waals surface area contributed by atoms with Gasteiger partial charge < -0.3 is 5.32 Å². The Morgan fingerprint density at radius 1 is 0.828 bits per heavy atom. The molecule has 2 bridgehead atoms. The number of halogens is 3. The molecule has 2 N–H and O–H groups in total. The molecule has 1 saturated carbocycles. The summed E-state index contributed by atoms with van der Waals surface area (Å²) < 4.78 is 43.7. The minimum absolute atomic E-state index is 0.0976. The Balaban J connectivity index is 1.62. The zero-order valence-corrected chi connectivity index (χ0v) is 15.1. The Bertz CT molecular complexity index is 995. The Labute approximate surface area is 162 Å². The second-order valence-electron chi connectivity index (χ2n) is 8.02. The first-order valence-corrected chi connectivity index (χ1v) is 9.45. The second-order valence-corrected chi connectivity index (χ2v) is 8.02. The van der Waals surface area contributed by atoms with Crippen molar-refractivity contribution < 1.29 is 32.3 Å². The Morgan fingerprint density at radius 2 is 1.45 bits per heavy atom. The highest BCUT2D eigenvalue weighted by Gasteiger charge is 2.51. The van der Waals surface area contributed by atoms with E-state index in [-0.39, 0.29) is 30.5 Å². The standard InChI is InChI=1S/C19H16F3N3O4/c20-14-11(6-3-7-5-8(4-6)23-7)12-13(15(21)16(14)22)19(29)25(18(12)28)9-1-2-10(26)24-17(9)27/h6-9,23H,1-5H2,(H,24,26,27). The van der Waals surface area contributed by atoms with Crippen LogP contribution < -0.4 is 10.6 Å². The third kappa shape index (κ3) is 2.48. The van der Waals surface area contributed by atoms with Gasteiger partial charge in [0.1, 0.15) is 6.04 Å². The summed E-state index contributed by atoms with van der Waals surface area (Å²) >= 11 is 0. The van der Waals surface area contributed by atoms with Gasteiger partial charge in [-0.3, -0.25) is 29.4 Å². The summed E-state index contributed by atoms with van der Waals surface area (Å²) in [4.78, 5) is 50.0. The van der Waals surface area contributed by atoms with Gasteiger partial charge in [0.25, 0.3) is 11.8 Å². The van der Waals surface area contributed by atoms with Crippen LogP contribution in [0.1, 0.15) is 64.3 Å². The number of rotatable bonds is 2. The van der Waals surface area contributed by atoms with E-state index in [1.165, 1.54) is 0 Å². The number of carbonyl (C=O) groups is 4. The smallest absolute Gasteiger partial charge is 0.265 e. The highest BCUT2D eigenvalue weighted by atomic mass is 19.2. The van der Waals surface area contributed by atoms with E-state index in [9.17, 15) is 32.3 Å². The zero-order valence-electron chi connectivity index (χ0n) is 15.1. The number of amides is 4. The Kier molecular flexibility index (Phi) is 3.86. The number of carbonyl (C=O) groups excluding carboxylic acids is 4. The molecule has 6 rings (SSSR count). The van der Waals surface area contributed by atoms with E-state index in [1.54, 1.807) is 0 Å². The van der Waals surface area contributed by atoms with E-state index in [2.05, 4.69) is 5.32 Å². The molecule has 0 radical (unpaired) electrons. The SMILES string of the molecule is O=C1CCC(N2C(=O)c3c(F)c(F)c(F)c(C4CC5CC(C4)N5)c3C2=O)C(=O)N1. The molecule has 152 valence electrons. The summed E-state index contributed by atoms with van der Waals surface area (Å²) in [7, 11) is 0. The van der Waals surface area contributed by atoms with E-state index in [4.69, 9.17) is 0 Å². The lowest BCUT2D eigenvalue weighted by Gasteiger charge is -2.47. The van der Waals surface area contributed by atoms with Crippen LogP contribution in [0.5, 0.6) is 0 Å². The molecule has 4 heterocycles. The maximum atomic E-state index is 14.8. The van der Waals surface area contributed by atoms with Crippen molar-refractivity contribution in [3.63, 3.8) is 0 Å². The first-order valence-electron chi connectivity index (χ1n) is 9.45. The van der Waals surface area contributed by atoms with Crippen LogP contribution in [0.25, 0.3) is 0 Å². The molecule has 4 amide bonds. The summed E-state index contributed by atoms with van der Waals surface area (Å²) in [6.45, 7) is 0. The van der Waals surface area contributed by atoms with Crippen LogP contribution >= 0.6 is 0 Å². The van der Waals surface area contributed by atoms with Gasteiger partial charge in [-0.1, -0.05) is 0 Å². The molecule has 5 aliphatic rings. The van der Waals surface area contributed by atoms with Gasteiger partial charge in [-0.25, -0.2) is 13.2 Å². The fourth-order valence-corrected chi connectivity index (χ4v) is 5.03. The molecule has 3 atom stereocenters. The first kappa shape index (κ1) is 18.3. The molecule has 1 aromatic rings. The molecule has 4 aliphatic heterocycles. The van der Waals surface area contributed by atoms with Crippen molar-refractivity contribution in [1.82, 2.24) is 15.5 Å². The lowest BCUT2D eigenvalue weighted by molar-refractivity contribution is -0.136. The van der Waals surface area contributed by atoms with Gasteiger partial charge in [0.15, 0.2) is 17.5 Å². The summed E-state index contributed by atoms with van der Waals surface area (Å²) in [5, 5.41) is 5.27. The number of imide groups is 2. The number of hydrogen-bond acceptors (Lipinski definition) is 5. The van der Waals surface area contributed by atoms with Crippen molar-refractivity contribution in [2.45, 2.75) is 56.1 Å². The Hall–Kier alpha value is -2.75. The van der Waals surface area contributed by atoms with Gasteiger partial charge in [0.2, 0.25) is 11.8 Å². The van der Waals surface area contributed by atoms with Crippen molar-refractivity contribution in [3.8, 4) is 0 Å². The summed E-state index contributed by atoms with van der Waals surface area (Å²) in [6, 6.07) is -1.14. The molecule has 3 unspecified atom stereocenters. The average molecular weight is 407 g/mol. The summed E-state index contributed by atoms with van der Waals surface area (Å²) in [5.74, 6) is -9.16. The number of benzene rings is 1. The van der Waals surface area contributed by atoms with E-state index in [0.717, 1.165) is 6.42 Å². The van der Waals surface area contributed by atoms with Crippen LogP contribution in [-0.2, 0) is 9.59 Å². The van der Waals surface area contributed by atoms with Crippen LogP contribution in [0, 0.1) is 17.5 Å². The van der Waals surface area contributed by atoms with E-state index >= 15 is 0 Å². The number of hydrogen-bond donors (Lipinski definition) is 2. The molecule has 29 heavy (non-hydrogen) atoms. The largest absolute Gasteiger partial charge is 0.311 e. The number of nitrogens with one attached hydrogen (secondary N) is 2. The topological polar surface area (TPSA) is 95.6 Å². The van der Waals surface area contributed by atoms with Crippen molar-refractivity contribution in [2.24, 2.45) is 0 Å². The average Bonchev–Trinajstić information content (AvgIpc) is 2.91. The lowest BCUT2D eigenvalue weighted by Crippen LogP contribution is -2.57. The first-order chi connectivity index (χ1) is 13.8. The predicted molar refractivity (Wildman–Crippen MR) is 90.3 cm³/mol. The minimum atomic E-state index is -1.79.